The monoisotopic (exact) mass is 312 g/mol. The van der Waals surface area contributed by atoms with Gasteiger partial charge in [-0.15, -0.1) is 5.10 Å². The molecule has 2 aromatic heterocycles. The summed E-state index contributed by atoms with van der Waals surface area (Å²) in [6.45, 7) is 6.52. The fourth-order valence-corrected chi connectivity index (χ4v) is 3.81. The number of benzene rings is 1. The SMILES string of the molecule is CC(C)(C)c1cn2nc(N[C@@H]3CCc4ccccc43)sc2n1. The van der Waals surface area contributed by atoms with Crippen LogP contribution >= 0.6 is 11.3 Å². The molecule has 0 fully saturated rings. The molecule has 1 aliphatic carbocycles. The number of anilines is 1. The van der Waals surface area contributed by atoms with Gasteiger partial charge in [0.25, 0.3) is 0 Å². The third-order valence-electron chi connectivity index (χ3n) is 4.24. The lowest BCUT2D eigenvalue weighted by Crippen LogP contribution is -2.11. The molecule has 2 heterocycles. The van der Waals surface area contributed by atoms with Crippen LogP contribution in [0.15, 0.2) is 30.5 Å². The number of imidazole rings is 1. The molecule has 1 N–H and O–H groups in total. The van der Waals surface area contributed by atoms with Crippen molar-refractivity contribution in [3.05, 3.63) is 47.3 Å². The van der Waals surface area contributed by atoms with Gasteiger partial charge in [0, 0.05) is 5.41 Å². The molecule has 0 bridgehead atoms. The highest BCUT2D eigenvalue weighted by Crippen LogP contribution is 2.35. The van der Waals surface area contributed by atoms with Gasteiger partial charge in [-0.25, -0.2) is 9.50 Å². The van der Waals surface area contributed by atoms with Gasteiger partial charge in [-0.05, 0) is 24.0 Å². The molecule has 0 amide bonds. The van der Waals surface area contributed by atoms with Crippen LogP contribution in [0.4, 0.5) is 5.13 Å². The standard InChI is InChI=1S/C17H20N4S/c1-17(2,3)14-10-21-16(19-14)22-15(20-21)18-13-9-8-11-6-4-5-7-12(11)13/h4-7,10,13H,8-9H2,1-3H3,(H,18,20)/t13-/m1/s1. The smallest absolute Gasteiger partial charge is 0.214 e. The van der Waals surface area contributed by atoms with Crippen LogP contribution in [0.3, 0.4) is 0 Å². The van der Waals surface area contributed by atoms with Crippen molar-refractivity contribution in [3.8, 4) is 0 Å². The van der Waals surface area contributed by atoms with Crippen LogP contribution in [0.5, 0.6) is 0 Å². The van der Waals surface area contributed by atoms with Crippen molar-refractivity contribution in [2.75, 3.05) is 5.32 Å². The maximum atomic E-state index is 4.70. The first-order valence-corrected chi connectivity index (χ1v) is 8.53. The number of hydrogen-bond acceptors (Lipinski definition) is 4. The van der Waals surface area contributed by atoms with E-state index in [0.717, 1.165) is 28.6 Å². The average Bonchev–Trinajstić information content (AvgIpc) is 3.11. The number of nitrogens with zero attached hydrogens (tertiary/aromatic N) is 3. The van der Waals surface area contributed by atoms with Crippen molar-refractivity contribution in [2.24, 2.45) is 0 Å². The third-order valence-corrected chi connectivity index (χ3v) is 5.10. The summed E-state index contributed by atoms with van der Waals surface area (Å²) in [5, 5.41) is 9.17. The summed E-state index contributed by atoms with van der Waals surface area (Å²) in [6, 6.07) is 9.04. The Labute approximate surface area is 134 Å². The van der Waals surface area contributed by atoms with Crippen LogP contribution in [-0.2, 0) is 11.8 Å². The van der Waals surface area contributed by atoms with E-state index in [1.165, 1.54) is 11.1 Å². The van der Waals surface area contributed by atoms with Crippen LogP contribution in [0, 0.1) is 0 Å². The summed E-state index contributed by atoms with van der Waals surface area (Å²) < 4.78 is 1.90. The van der Waals surface area contributed by atoms with Crippen LogP contribution in [0.1, 0.15) is 50.1 Å². The van der Waals surface area contributed by atoms with E-state index in [-0.39, 0.29) is 5.41 Å². The van der Waals surface area contributed by atoms with Gasteiger partial charge in [-0.3, -0.25) is 0 Å². The fraction of sp³-hybridized carbons (Fsp3) is 0.412. The molecule has 0 aliphatic heterocycles. The Morgan fingerprint density at radius 1 is 1.27 bits per heavy atom. The predicted octanol–water partition coefficient (Wildman–Crippen LogP) is 4.19. The normalized spacial score (nSPS) is 17.9. The molecule has 1 aromatic carbocycles. The second kappa shape index (κ2) is 4.81. The number of hydrogen-bond donors (Lipinski definition) is 1. The molecular formula is C17H20N4S. The Bertz CT molecular complexity index is 793. The zero-order valence-electron chi connectivity index (χ0n) is 13.1. The molecule has 3 aromatic rings. The summed E-state index contributed by atoms with van der Waals surface area (Å²) in [7, 11) is 0. The van der Waals surface area contributed by atoms with E-state index in [4.69, 9.17) is 4.98 Å². The lowest BCUT2D eigenvalue weighted by Gasteiger charge is -2.14. The van der Waals surface area contributed by atoms with Crippen LogP contribution in [0.25, 0.3) is 4.96 Å². The van der Waals surface area contributed by atoms with Gasteiger partial charge < -0.3 is 5.32 Å². The van der Waals surface area contributed by atoms with Crippen molar-refractivity contribution in [2.45, 2.75) is 45.1 Å². The Hall–Kier alpha value is -1.88. The van der Waals surface area contributed by atoms with Gasteiger partial charge in [0.15, 0.2) is 0 Å². The highest BCUT2D eigenvalue weighted by Gasteiger charge is 2.24. The first-order chi connectivity index (χ1) is 10.5. The van der Waals surface area contributed by atoms with Gasteiger partial charge in [0.05, 0.1) is 17.9 Å². The summed E-state index contributed by atoms with van der Waals surface area (Å²) in [4.78, 5) is 5.66. The van der Waals surface area contributed by atoms with E-state index in [2.05, 4.69) is 55.5 Å². The van der Waals surface area contributed by atoms with E-state index in [1.54, 1.807) is 11.3 Å². The Morgan fingerprint density at radius 2 is 2.09 bits per heavy atom. The predicted molar refractivity (Wildman–Crippen MR) is 90.7 cm³/mol. The molecule has 0 unspecified atom stereocenters. The minimum atomic E-state index is 0.0609. The second-order valence-corrected chi connectivity index (χ2v) is 7.90. The molecule has 1 atom stereocenters. The third kappa shape index (κ3) is 2.29. The highest BCUT2D eigenvalue weighted by atomic mass is 32.1. The molecule has 1 aliphatic rings. The summed E-state index contributed by atoms with van der Waals surface area (Å²) in [5.41, 5.74) is 4.01. The quantitative estimate of drug-likeness (QED) is 0.771. The van der Waals surface area contributed by atoms with Gasteiger partial charge >= 0.3 is 0 Å². The Morgan fingerprint density at radius 3 is 2.86 bits per heavy atom. The molecule has 5 heteroatoms. The Balaban J connectivity index is 1.59. The highest BCUT2D eigenvalue weighted by molar-refractivity contribution is 7.20. The summed E-state index contributed by atoms with van der Waals surface area (Å²) in [5.74, 6) is 0. The van der Waals surface area contributed by atoms with E-state index in [0.29, 0.717) is 6.04 Å². The maximum Gasteiger partial charge on any atom is 0.214 e. The number of aromatic nitrogens is 3. The van der Waals surface area contributed by atoms with E-state index < -0.39 is 0 Å². The zero-order valence-corrected chi connectivity index (χ0v) is 13.9. The molecule has 114 valence electrons. The first-order valence-electron chi connectivity index (χ1n) is 7.72. The van der Waals surface area contributed by atoms with Gasteiger partial charge in [-0.1, -0.05) is 56.4 Å². The molecule has 0 saturated heterocycles. The molecule has 4 rings (SSSR count). The fourth-order valence-electron chi connectivity index (χ4n) is 2.98. The molecule has 4 nitrogen and oxygen atoms in total. The van der Waals surface area contributed by atoms with Crippen molar-refractivity contribution in [1.29, 1.82) is 0 Å². The molecule has 0 spiro atoms. The Kier molecular flexibility index (Phi) is 3.01. The molecule has 0 saturated carbocycles. The lowest BCUT2D eigenvalue weighted by molar-refractivity contribution is 0.572. The van der Waals surface area contributed by atoms with Crippen molar-refractivity contribution in [1.82, 2.24) is 14.6 Å². The van der Waals surface area contributed by atoms with Crippen LogP contribution in [0.2, 0.25) is 0 Å². The topological polar surface area (TPSA) is 42.2 Å². The first kappa shape index (κ1) is 13.8. The minimum Gasteiger partial charge on any atom is -0.353 e. The van der Waals surface area contributed by atoms with Gasteiger partial charge in [0.1, 0.15) is 0 Å². The van der Waals surface area contributed by atoms with E-state index in [1.807, 2.05) is 10.7 Å². The molecular weight excluding hydrogens is 292 g/mol. The molecule has 22 heavy (non-hydrogen) atoms. The van der Waals surface area contributed by atoms with Crippen molar-refractivity contribution in [3.63, 3.8) is 0 Å². The minimum absolute atomic E-state index is 0.0609. The lowest BCUT2D eigenvalue weighted by atomic mass is 9.93. The number of rotatable bonds is 2. The average molecular weight is 312 g/mol. The number of fused-ring (bicyclic) bond motifs is 2. The number of aryl methyl sites for hydroxylation is 1. The van der Waals surface area contributed by atoms with Crippen LogP contribution in [-0.4, -0.2) is 14.6 Å². The van der Waals surface area contributed by atoms with E-state index >= 15 is 0 Å². The summed E-state index contributed by atoms with van der Waals surface area (Å²) >= 11 is 1.63. The molecule has 0 radical (unpaired) electrons. The number of nitrogens with one attached hydrogen (secondary N) is 1. The maximum absolute atomic E-state index is 4.70. The van der Waals surface area contributed by atoms with Crippen molar-refractivity contribution < 1.29 is 0 Å². The van der Waals surface area contributed by atoms with Gasteiger partial charge in [0.2, 0.25) is 10.1 Å². The summed E-state index contributed by atoms with van der Waals surface area (Å²) in [6.07, 6.45) is 4.32. The van der Waals surface area contributed by atoms with E-state index in [9.17, 15) is 0 Å². The van der Waals surface area contributed by atoms with Crippen LogP contribution < -0.4 is 5.32 Å². The zero-order chi connectivity index (χ0) is 15.3. The van der Waals surface area contributed by atoms with Gasteiger partial charge in [-0.2, -0.15) is 0 Å². The van der Waals surface area contributed by atoms with Crippen molar-refractivity contribution >= 4 is 21.4 Å². The second-order valence-electron chi connectivity index (χ2n) is 6.94. The largest absolute Gasteiger partial charge is 0.353 e.